The van der Waals surface area contributed by atoms with Gasteiger partial charge in [-0.05, 0) is 30.5 Å². The molecule has 7 nitrogen and oxygen atoms in total. The van der Waals surface area contributed by atoms with Gasteiger partial charge in [-0.1, -0.05) is 12.1 Å². The Balaban J connectivity index is 1.73. The van der Waals surface area contributed by atoms with Crippen molar-refractivity contribution in [1.29, 1.82) is 5.26 Å². The summed E-state index contributed by atoms with van der Waals surface area (Å²) in [5.41, 5.74) is 7.76. The highest BCUT2D eigenvalue weighted by Crippen LogP contribution is 2.22. The molecule has 0 spiro atoms. The number of aliphatic imine (C=N–C) groups is 1. The van der Waals surface area contributed by atoms with Crippen LogP contribution < -0.4 is 5.73 Å². The topological polar surface area (TPSA) is 103 Å². The van der Waals surface area contributed by atoms with E-state index in [9.17, 15) is 8.42 Å². The molecule has 0 atom stereocenters. The number of amidine groups is 1. The summed E-state index contributed by atoms with van der Waals surface area (Å²) in [4.78, 5) is 6.56. The molecule has 2 aliphatic heterocycles. The van der Waals surface area contributed by atoms with Crippen molar-refractivity contribution in [2.75, 3.05) is 26.2 Å². The molecule has 0 saturated carbocycles. The zero-order valence-corrected chi connectivity index (χ0v) is 15.5. The fourth-order valence-corrected chi connectivity index (χ4v) is 4.73. The van der Waals surface area contributed by atoms with E-state index in [2.05, 4.69) is 11.1 Å². The number of allylic oxidation sites excluding steroid dienone is 1. The van der Waals surface area contributed by atoms with Crippen LogP contribution in [0.3, 0.4) is 0 Å². The van der Waals surface area contributed by atoms with Crippen molar-refractivity contribution in [3.63, 3.8) is 0 Å². The third kappa shape index (κ3) is 4.06. The molecule has 0 bridgehead atoms. The van der Waals surface area contributed by atoms with E-state index in [1.165, 1.54) is 0 Å². The van der Waals surface area contributed by atoms with Gasteiger partial charge < -0.3 is 10.6 Å². The standard InChI is InChI=1S/C18H23N5O2S/c19-8-3-9-22-14-18(20)21-13-16(22)12-15-4-6-17(7-5-15)26(24,25)23-10-1-2-11-23/h4-7,13H,1-3,9-12,14H2,(H2,20,21). The Kier molecular flexibility index (Phi) is 5.59. The van der Waals surface area contributed by atoms with E-state index >= 15 is 0 Å². The van der Waals surface area contributed by atoms with Gasteiger partial charge in [-0.2, -0.15) is 9.57 Å². The average molecular weight is 373 g/mol. The molecular formula is C18H23N5O2S. The van der Waals surface area contributed by atoms with Gasteiger partial charge in [0.25, 0.3) is 0 Å². The van der Waals surface area contributed by atoms with Crippen molar-refractivity contribution >= 4 is 15.9 Å². The van der Waals surface area contributed by atoms with Crippen molar-refractivity contribution in [1.82, 2.24) is 9.21 Å². The molecule has 3 rings (SSSR count). The number of nitrogens with two attached hydrogens (primary N) is 1. The maximum Gasteiger partial charge on any atom is 0.243 e. The van der Waals surface area contributed by atoms with Crippen LogP contribution in [0.1, 0.15) is 24.8 Å². The van der Waals surface area contributed by atoms with Crippen LogP contribution in [-0.2, 0) is 16.4 Å². The van der Waals surface area contributed by atoms with E-state index in [-0.39, 0.29) is 0 Å². The Morgan fingerprint density at radius 3 is 2.54 bits per heavy atom. The number of nitrogens with zero attached hydrogens (tertiary/aromatic N) is 4. The molecule has 2 N–H and O–H groups in total. The van der Waals surface area contributed by atoms with Gasteiger partial charge in [0.2, 0.25) is 10.0 Å². The van der Waals surface area contributed by atoms with Crippen molar-refractivity contribution in [2.45, 2.75) is 30.6 Å². The van der Waals surface area contributed by atoms with Crippen molar-refractivity contribution in [3.8, 4) is 6.07 Å². The summed E-state index contributed by atoms with van der Waals surface area (Å²) >= 11 is 0. The SMILES string of the molecule is N#CCCN1CC(N)=NC=C1Cc1ccc(S(=O)(=O)N2CCCC2)cc1. The molecule has 2 heterocycles. The van der Waals surface area contributed by atoms with Crippen molar-refractivity contribution in [2.24, 2.45) is 10.7 Å². The molecule has 8 heteroatoms. The van der Waals surface area contributed by atoms with Crippen LogP contribution >= 0.6 is 0 Å². The van der Waals surface area contributed by atoms with Gasteiger partial charge in [-0.15, -0.1) is 0 Å². The van der Waals surface area contributed by atoms with E-state index < -0.39 is 10.0 Å². The summed E-state index contributed by atoms with van der Waals surface area (Å²) in [6, 6.07) is 9.17. The maximum absolute atomic E-state index is 12.6. The molecule has 0 radical (unpaired) electrons. The Morgan fingerprint density at radius 2 is 1.88 bits per heavy atom. The van der Waals surface area contributed by atoms with Gasteiger partial charge in [0.1, 0.15) is 5.84 Å². The van der Waals surface area contributed by atoms with Crippen LogP contribution in [0.5, 0.6) is 0 Å². The lowest BCUT2D eigenvalue weighted by Gasteiger charge is -2.28. The summed E-state index contributed by atoms with van der Waals surface area (Å²) in [6.07, 6.45) is 4.61. The normalized spacial score (nSPS) is 18.3. The summed E-state index contributed by atoms with van der Waals surface area (Å²) in [5, 5.41) is 8.82. The Morgan fingerprint density at radius 1 is 1.19 bits per heavy atom. The number of hydrogen-bond acceptors (Lipinski definition) is 6. The highest BCUT2D eigenvalue weighted by molar-refractivity contribution is 7.89. The largest absolute Gasteiger partial charge is 0.386 e. The first-order valence-electron chi connectivity index (χ1n) is 8.73. The second kappa shape index (κ2) is 7.89. The van der Waals surface area contributed by atoms with E-state index in [4.69, 9.17) is 11.0 Å². The summed E-state index contributed by atoms with van der Waals surface area (Å²) in [5.74, 6) is 0.527. The second-order valence-electron chi connectivity index (χ2n) is 6.50. The zero-order valence-electron chi connectivity index (χ0n) is 14.6. The number of benzene rings is 1. The maximum atomic E-state index is 12.6. The lowest BCUT2D eigenvalue weighted by molar-refractivity contribution is 0.383. The Hall–Kier alpha value is -2.37. The number of hydrogen-bond donors (Lipinski definition) is 1. The molecule has 2 aliphatic rings. The highest BCUT2D eigenvalue weighted by Gasteiger charge is 2.27. The van der Waals surface area contributed by atoms with Gasteiger partial charge in [-0.3, -0.25) is 0 Å². The van der Waals surface area contributed by atoms with Crippen LogP contribution in [0.4, 0.5) is 0 Å². The van der Waals surface area contributed by atoms with Crippen molar-refractivity contribution in [3.05, 3.63) is 41.7 Å². The van der Waals surface area contributed by atoms with E-state index in [0.29, 0.717) is 49.8 Å². The lowest BCUT2D eigenvalue weighted by Crippen LogP contribution is -2.37. The smallest absolute Gasteiger partial charge is 0.243 e. The van der Waals surface area contributed by atoms with Crippen LogP contribution in [0.25, 0.3) is 0 Å². The van der Waals surface area contributed by atoms with Gasteiger partial charge in [0.05, 0.1) is 23.9 Å². The van der Waals surface area contributed by atoms with Gasteiger partial charge >= 0.3 is 0 Å². The number of rotatable bonds is 6. The fourth-order valence-electron chi connectivity index (χ4n) is 3.21. The van der Waals surface area contributed by atoms with Gasteiger partial charge in [0.15, 0.2) is 0 Å². The zero-order chi connectivity index (χ0) is 18.6. The summed E-state index contributed by atoms with van der Waals surface area (Å²) in [7, 11) is -3.38. The minimum atomic E-state index is -3.38. The molecule has 26 heavy (non-hydrogen) atoms. The molecule has 0 amide bonds. The van der Waals surface area contributed by atoms with Gasteiger partial charge in [0, 0.05) is 38.0 Å². The monoisotopic (exact) mass is 373 g/mol. The summed E-state index contributed by atoms with van der Waals surface area (Å²) in [6.45, 7) is 2.31. The van der Waals surface area contributed by atoms with E-state index in [1.54, 1.807) is 22.6 Å². The van der Waals surface area contributed by atoms with E-state index in [0.717, 1.165) is 24.1 Å². The van der Waals surface area contributed by atoms with Crippen molar-refractivity contribution < 1.29 is 8.42 Å². The second-order valence-corrected chi connectivity index (χ2v) is 8.44. The molecule has 1 fully saturated rings. The summed E-state index contributed by atoms with van der Waals surface area (Å²) < 4.78 is 26.7. The molecular weight excluding hydrogens is 350 g/mol. The quantitative estimate of drug-likeness (QED) is 0.813. The minimum Gasteiger partial charge on any atom is -0.386 e. The van der Waals surface area contributed by atoms with Crippen LogP contribution in [0.2, 0.25) is 0 Å². The Bertz CT molecular complexity index is 847. The minimum absolute atomic E-state index is 0.337. The fraction of sp³-hybridized carbons (Fsp3) is 0.444. The number of nitriles is 1. The first-order chi connectivity index (χ1) is 12.5. The van der Waals surface area contributed by atoms with Crippen LogP contribution in [0.15, 0.2) is 46.1 Å². The predicted molar refractivity (Wildman–Crippen MR) is 99.6 cm³/mol. The molecule has 0 aromatic heterocycles. The molecule has 1 aromatic rings. The van der Waals surface area contributed by atoms with Gasteiger partial charge in [-0.25, -0.2) is 13.4 Å². The van der Waals surface area contributed by atoms with E-state index in [1.807, 2.05) is 17.0 Å². The third-order valence-corrected chi connectivity index (χ3v) is 6.56. The molecule has 0 aliphatic carbocycles. The predicted octanol–water partition coefficient (Wildman–Crippen LogP) is 1.44. The van der Waals surface area contributed by atoms with Crippen LogP contribution in [-0.4, -0.2) is 49.6 Å². The average Bonchev–Trinajstić information content (AvgIpc) is 3.18. The molecule has 0 unspecified atom stereocenters. The Labute approximate surface area is 154 Å². The molecule has 138 valence electrons. The molecule has 1 saturated heterocycles. The number of sulfonamides is 1. The first kappa shape index (κ1) is 18.4. The highest BCUT2D eigenvalue weighted by atomic mass is 32.2. The lowest BCUT2D eigenvalue weighted by atomic mass is 10.1. The third-order valence-electron chi connectivity index (χ3n) is 4.64. The molecule has 1 aromatic carbocycles. The van der Waals surface area contributed by atoms with Crippen LogP contribution in [0, 0.1) is 11.3 Å². The first-order valence-corrected chi connectivity index (χ1v) is 10.2.